The van der Waals surface area contributed by atoms with E-state index in [1.165, 1.54) is 0 Å². The highest BCUT2D eigenvalue weighted by Gasteiger charge is 1.94. The van der Waals surface area contributed by atoms with Gasteiger partial charge in [-0.2, -0.15) is 8.42 Å². The molecule has 2 aromatic rings. The first-order chi connectivity index (χ1) is 6.86. The van der Waals surface area contributed by atoms with Crippen LogP contribution in [0.4, 0.5) is 5.95 Å². The number of hydrogen-bond acceptors (Lipinski definition) is 4. The highest BCUT2D eigenvalue weighted by Crippen LogP contribution is 2.10. The van der Waals surface area contributed by atoms with E-state index in [0.29, 0.717) is 5.95 Å². The molecule has 0 atom stereocenters. The van der Waals surface area contributed by atoms with Crippen molar-refractivity contribution in [3.63, 3.8) is 0 Å². The lowest BCUT2D eigenvalue weighted by atomic mass is 10.3. The lowest BCUT2D eigenvalue weighted by Crippen LogP contribution is -1.89. The maximum Gasteiger partial charge on any atom is 0.394 e. The molecule has 1 heterocycles. The van der Waals surface area contributed by atoms with Crippen molar-refractivity contribution >= 4 is 27.4 Å². The first kappa shape index (κ1) is 11.4. The Morgan fingerprint density at radius 1 is 1.27 bits per heavy atom. The predicted octanol–water partition coefficient (Wildman–Crippen LogP) is 0.492. The summed E-state index contributed by atoms with van der Waals surface area (Å²) >= 11 is 0. The third-order valence-corrected chi connectivity index (χ3v) is 1.41. The number of nitrogens with zero attached hydrogens (tertiary/aromatic N) is 1. The number of nitrogens with two attached hydrogens (primary N) is 1. The zero-order chi connectivity index (χ0) is 11.5. The molecular weight excluding hydrogens is 222 g/mol. The van der Waals surface area contributed by atoms with Crippen LogP contribution in [0.5, 0.6) is 0 Å². The number of benzene rings is 1. The molecule has 0 unspecified atom stereocenters. The Morgan fingerprint density at radius 2 is 1.80 bits per heavy atom. The van der Waals surface area contributed by atoms with Crippen molar-refractivity contribution in [3.05, 3.63) is 24.3 Å². The van der Waals surface area contributed by atoms with Gasteiger partial charge in [0.2, 0.25) is 0 Å². The minimum absolute atomic E-state index is 0.473. The normalized spacial score (nSPS) is 10.8. The standard InChI is InChI=1S/C7H7N3.H2O4S/c8-7-9-5-3-1-2-4-6(5)10-7;1-5(2,3)4/h1-4H,(H3,8,9,10);(H2,1,2,3,4). The number of rotatable bonds is 0. The van der Waals surface area contributed by atoms with E-state index in [1.54, 1.807) is 0 Å². The van der Waals surface area contributed by atoms with E-state index in [4.69, 9.17) is 23.3 Å². The molecule has 0 aliphatic carbocycles. The van der Waals surface area contributed by atoms with Crippen molar-refractivity contribution in [2.45, 2.75) is 0 Å². The monoisotopic (exact) mass is 231 g/mol. The third kappa shape index (κ3) is 4.40. The second kappa shape index (κ2) is 4.26. The van der Waals surface area contributed by atoms with Gasteiger partial charge in [0.15, 0.2) is 5.95 Å². The zero-order valence-corrected chi connectivity index (χ0v) is 8.27. The molecule has 0 fully saturated rings. The maximum absolute atomic E-state index is 8.74. The second-order valence-corrected chi connectivity index (χ2v) is 3.48. The fourth-order valence-electron chi connectivity index (χ4n) is 0.973. The molecule has 0 saturated heterocycles. The molecule has 0 bridgehead atoms. The molecule has 1 aromatic heterocycles. The zero-order valence-electron chi connectivity index (χ0n) is 7.45. The van der Waals surface area contributed by atoms with Crippen LogP contribution < -0.4 is 5.73 Å². The van der Waals surface area contributed by atoms with Crippen LogP contribution in [0.25, 0.3) is 11.0 Å². The fourth-order valence-corrected chi connectivity index (χ4v) is 0.973. The number of aromatic amines is 1. The number of nitrogen functional groups attached to an aromatic ring is 1. The number of para-hydroxylation sites is 2. The van der Waals surface area contributed by atoms with E-state index >= 15 is 0 Å². The molecular formula is C7H9N3O4S. The van der Waals surface area contributed by atoms with Gasteiger partial charge in [0, 0.05) is 0 Å². The van der Waals surface area contributed by atoms with E-state index in [9.17, 15) is 0 Å². The number of aromatic nitrogens is 2. The predicted molar refractivity (Wildman–Crippen MR) is 54.7 cm³/mol. The molecule has 2 rings (SSSR count). The van der Waals surface area contributed by atoms with Gasteiger partial charge in [-0.25, -0.2) is 4.98 Å². The summed E-state index contributed by atoms with van der Waals surface area (Å²) < 4.78 is 31.6. The summed E-state index contributed by atoms with van der Waals surface area (Å²) in [6.07, 6.45) is 0. The number of nitrogens with one attached hydrogen (secondary N) is 1. The summed E-state index contributed by atoms with van der Waals surface area (Å²) in [5.74, 6) is 0.473. The van der Waals surface area contributed by atoms with Crippen LogP contribution in [0, 0.1) is 0 Å². The summed E-state index contributed by atoms with van der Waals surface area (Å²) in [6.45, 7) is 0. The average Bonchev–Trinajstić information content (AvgIpc) is 2.40. The van der Waals surface area contributed by atoms with Gasteiger partial charge < -0.3 is 10.7 Å². The van der Waals surface area contributed by atoms with Crippen molar-refractivity contribution in [1.82, 2.24) is 9.97 Å². The second-order valence-electron chi connectivity index (χ2n) is 2.59. The highest BCUT2D eigenvalue weighted by atomic mass is 32.3. The first-order valence-electron chi connectivity index (χ1n) is 3.76. The van der Waals surface area contributed by atoms with Crippen molar-refractivity contribution < 1.29 is 17.5 Å². The molecule has 0 aliphatic rings. The van der Waals surface area contributed by atoms with E-state index in [2.05, 4.69) is 9.97 Å². The number of fused-ring (bicyclic) bond motifs is 1. The van der Waals surface area contributed by atoms with Crippen molar-refractivity contribution in [3.8, 4) is 0 Å². The van der Waals surface area contributed by atoms with Crippen molar-refractivity contribution in [1.29, 1.82) is 0 Å². The average molecular weight is 231 g/mol. The summed E-state index contributed by atoms with van der Waals surface area (Å²) in [4.78, 5) is 6.96. The number of anilines is 1. The molecule has 15 heavy (non-hydrogen) atoms. The van der Waals surface area contributed by atoms with Gasteiger partial charge in [-0.1, -0.05) is 12.1 Å². The van der Waals surface area contributed by atoms with Crippen molar-refractivity contribution in [2.75, 3.05) is 5.73 Å². The summed E-state index contributed by atoms with van der Waals surface area (Å²) in [5.41, 5.74) is 7.33. The van der Waals surface area contributed by atoms with E-state index < -0.39 is 10.4 Å². The number of H-pyrrole nitrogens is 1. The van der Waals surface area contributed by atoms with Gasteiger partial charge >= 0.3 is 10.4 Å². The lowest BCUT2D eigenvalue weighted by molar-refractivity contribution is 0.381. The Balaban J connectivity index is 0.000000195. The summed E-state index contributed by atoms with van der Waals surface area (Å²) in [6, 6.07) is 7.74. The Labute approximate surface area is 85.5 Å². The van der Waals surface area contributed by atoms with Crippen LogP contribution in [0.15, 0.2) is 24.3 Å². The van der Waals surface area contributed by atoms with E-state index in [-0.39, 0.29) is 0 Å². The largest absolute Gasteiger partial charge is 0.394 e. The highest BCUT2D eigenvalue weighted by molar-refractivity contribution is 7.79. The van der Waals surface area contributed by atoms with Gasteiger partial charge in [0.25, 0.3) is 0 Å². The molecule has 8 heteroatoms. The Hall–Kier alpha value is -1.64. The minimum atomic E-state index is -4.67. The molecule has 0 radical (unpaired) electrons. The van der Waals surface area contributed by atoms with Gasteiger partial charge in [-0.3, -0.25) is 9.11 Å². The molecule has 0 aliphatic heterocycles. The third-order valence-electron chi connectivity index (χ3n) is 1.41. The van der Waals surface area contributed by atoms with E-state index in [0.717, 1.165) is 11.0 Å². The maximum atomic E-state index is 8.74. The van der Waals surface area contributed by atoms with Crippen LogP contribution in [0.1, 0.15) is 0 Å². The molecule has 7 nitrogen and oxygen atoms in total. The first-order valence-corrected chi connectivity index (χ1v) is 5.16. The van der Waals surface area contributed by atoms with Crippen LogP contribution in [0.2, 0.25) is 0 Å². The Bertz CT molecular complexity index is 507. The van der Waals surface area contributed by atoms with Gasteiger partial charge in [-0.05, 0) is 12.1 Å². The molecule has 0 amide bonds. The topological polar surface area (TPSA) is 129 Å². The number of hydrogen-bond donors (Lipinski definition) is 4. The number of imidazole rings is 1. The minimum Gasteiger partial charge on any atom is -0.369 e. The Kier molecular flexibility index (Phi) is 3.24. The SMILES string of the molecule is Nc1nc2ccccc2[nH]1.O=S(=O)(O)O. The summed E-state index contributed by atoms with van der Waals surface area (Å²) in [7, 11) is -4.67. The Morgan fingerprint density at radius 3 is 2.33 bits per heavy atom. The lowest BCUT2D eigenvalue weighted by Gasteiger charge is -1.81. The molecule has 82 valence electrons. The summed E-state index contributed by atoms with van der Waals surface area (Å²) in [5, 5.41) is 0. The molecule has 0 saturated carbocycles. The quantitative estimate of drug-likeness (QED) is 0.488. The van der Waals surface area contributed by atoms with Crippen LogP contribution in [0.3, 0.4) is 0 Å². The van der Waals surface area contributed by atoms with Crippen LogP contribution in [-0.4, -0.2) is 27.5 Å². The van der Waals surface area contributed by atoms with Gasteiger partial charge in [0.05, 0.1) is 11.0 Å². The van der Waals surface area contributed by atoms with Crippen LogP contribution >= 0.6 is 0 Å². The van der Waals surface area contributed by atoms with Crippen molar-refractivity contribution in [2.24, 2.45) is 0 Å². The fraction of sp³-hybridized carbons (Fsp3) is 0. The van der Waals surface area contributed by atoms with Crippen LogP contribution in [-0.2, 0) is 10.4 Å². The van der Waals surface area contributed by atoms with Gasteiger partial charge in [-0.15, -0.1) is 0 Å². The molecule has 5 N–H and O–H groups in total. The molecule has 1 aromatic carbocycles. The smallest absolute Gasteiger partial charge is 0.369 e. The molecule has 0 spiro atoms. The van der Waals surface area contributed by atoms with Gasteiger partial charge in [0.1, 0.15) is 0 Å². The van der Waals surface area contributed by atoms with E-state index in [1.807, 2.05) is 24.3 Å².